The van der Waals surface area contributed by atoms with Crippen LogP contribution in [0, 0.1) is 0 Å². The minimum Gasteiger partial charge on any atom is -0.496 e. The normalized spacial score (nSPS) is 15.9. The van der Waals surface area contributed by atoms with Gasteiger partial charge in [0, 0.05) is 25.7 Å². The molecule has 0 bridgehead atoms. The second-order valence-corrected chi connectivity index (χ2v) is 7.22. The van der Waals surface area contributed by atoms with Crippen molar-refractivity contribution in [3.05, 3.63) is 52.2 Å². The summed E-state index contributed by atoms with van der Waals surface area (Å²) in [5.74, 6) is 1.78. The zero-order valence-electron chi connectivity index (χ0n) is 16.0. The summed E-state index contributed by atoms with van der Waals surface area (Å²) in [5.41, 5.74) is 2.51. The number of rotatable bonds is 7. The molecule has 1 aromatic carbocycles. The minimum absolute atomic E-state index is 0. The van der Waals surface area contributed by atoms with Crippen molar-refractivity contribution in [3.63, 3.8) is 0 Å². The van der Waals surface area contributed by atoms with E-state index in [1.54, 1.807) is 18.4 Å². The van der Waals surface area contributed by atoms with Gasteiger partial charge < -0.3 is 15.4 Å². The van der Waals surface area contributed by atoms with E-state index in [9.17, 15) is 0 Å². The van der Waals surface area contributed by atoms with Crippen LogP contribution in [-0.2, 0) is 6.54 Å². The quantitative estimate of drug-likeness (QED) is 0.344. The summed E-state index contributed by atoms with van der Waals surface area (Å²) in [7, 11) is 3.56. The fourth-order valence-corrected chi connectivity index (χ4v) is 4.09. The summed E-state index contributed by atoms with van der Waals surface area (Å²) < 4.78 is 5.62. The lowest BCUT2D eigenvalue weighted by Crippen LogP contribution is -2.42. The maximum Gasteiger partial charge on any atom is 0.191 e. The number of aliphatic imine (C=N–C) groups is 1. The maximum atomic E-state index is 5.62. The van der Waals surface area contributed by atoms with Gasteiger partial charge in [-0.2, -0.15) is 11.3 Å². The molecule has 1 aromatic heterocycles. The van der Waals surface area contributed by atoms with E-state index in [4.69, 9.17) is 4.74 Å². The summed E-state index contributed by atoms with van der Waals surface area (Å²) >= 11 is 1.71. The van der Waals surface area contributed by atoms with Crippen molar-refractivity contribution in [3.8, 4) is 5.75 Å². The van der Waals surface area contributed by atoms with Crippen molar-refractivity contribution in [2.24, 2.45) is 4.99 Å². The highest BCUT2D eigenvalue weighted by Crippen LogP contribution is 2.31. The average molecular weight is 500 g/mol. The number of likely N-dealkylation sites (tertiary alicyclic amines) is 1. The third-order valence-electron chi connectivity index (χ3n) is 4.81. The Kier molecular flexibility index (Phi) is 9.36. The number of halogens is 1. The predicted molar refractivity (Wildman–Crippen MR) is 124 cm³/mol. The molecule has 1 aliphatic rings. The van der Waals surface area contributed by atoms with Gasteiger partial charge in [-0.1, -0.05) is 18.2 Å². The molecule has 1 unspecified atom stereocenters. The van der Waals surface area contributed by atoms with E-state index in [-0.39, 0.29) is 30.0 Å². The Morgan fingerprint density at radius 1 is 1.22 bits per heavy atom. The van der Waals surface area contributed by atoms with Crippen LogP contribution in [0.3, 0.4) is 0 Å². The topological polar surface area (TPSA) is 48.9 Å². The summed E-state index contributed by atoms with van der Waals surface area (Å²) in [4.78, 5) is 6.91. The molecule has 0 saturated carbocycles. The van der Waals surface area contributed by atoms with Gasteiger partial charge in [0.2, 0.25) is 0 Å². The van der Waals surface area contributed by atoms with E-state index in [2.05, 4.69) is 49.5 Å². The fourth-order valence-electron chi connectivity index (χ4n) is 3.42. The lowest BCUT2D eigenvalue weighted by atomic mass is 10.0. The number of ether oxygens (including phenoxy) is 1. The van der Waals surface area contributed by atoms with Crippen LogP contribution in [0.5, 0.6) is 5.75 Å². The van der Waals surface area contributed by atoms with Crippen molar-refractivity contribution in [1.29, 1.82) is 0 Å². The molecule has 1 saturated heterocycles. The molecule has 3 rings (SSSR count). The van der Waals surface area contributed by atoms with E-state index in [1.807, 2.05) is 19.2 Å². The third-order valence-corrected chi connectivity index (χ3v) is 5.54. The van der Waals surface area contributed by atoms with Crippen molar-refractivity contribution in [2.45, 2.75) is 25.4 Å². The van der Waals surface area contributed by atoms with Crippen LogP contribution in [0.2, 0.25) is 0 Å². The lowest BCUT2D eigenvalue weighted by molar-refractivity contribution is 0.239. The molecule has 2 aromatic rings. The summed E-state index contributed by atoms with van der Waals surface area (Å²) in [6.07, 6.45) is 2.52. The molecule has 0 aliphatic carbocycles. The van der Waals surface area contributed by atoms with E-state index in [0.29, 0.717) is 0 Å². The summed E-state index contributed by atoms with van der Waals surface area (Å²) in [5, 5.41) is 11.1. The Hall–Kier alpha value is -1.32. The number of benzene rings is 1. The van der Waals surface area contributed by atoms with Crippen LogP contribution in [0.4, 0.5) is 0 Å². The highest BCUT2D eigenvalue weighted by Gasteiger charge is 2.25. The number of nitrogens with one attached hydrogen (secondary N) is 2. The summed E-state index contributed by atoms with van der Waals surface area (Å²) in [6, 6.07) is 10.7. The number of nitrogens with zero attached hydrogens (tertiary/aromatic N) is 2. The molecule has 1 fully saturated rings. The first-order valence-electron chi connectivity index (χ1n) is 9.14. The Morgan fingerprint density at radius 3 is 2.67 bits per heavy atom. The van der Waals surface area contributed by atoms with Gasteiger partial charge in [-0.3, -0.25) is 9.89 Å². The van der Waals surface area contributed by atoms with Crippen molar-refractivity contribution < 1.29 is 4.74 Å². The molecule has 2 N–H and O–H groups in total. The number of thiophene rings is 1. The lowest BCUT2D eigenvalue weighted by Gasteiger charge is -2.30. The maximum absolute atomic E-state index is 5.62. The highest BCUT2D eigenvalue weighted by atomic mass is 127. The molecule has 0 radical (unpaired) electrons. The van der Waals surface area contributed by atoms with Gasteiger partial charge in [-0.05, 0) is 54.4 Å². The molecular weight excluding hydrogens is 471 g/mol. The first-order chi connectivity index (χ1) is 12.8. The predicted octanol–water partition coefficient (Wildman–Crippen LogP) is 3.88. The van der Waals surface area contributed by atoms with Crippen LogP contribution < -0.4 is 15.4 Å². The number of para-hydroxylation sites is 1. The van der Waals surface area contributed by atoms with Crippen molar-refractivity contribution >= 4 is 41.3 Å². The fraction of sp³-hybridized carbons (Fsp3) is 0.450. The zero-order valence-corrected chi connectivity index (χ0v) is 19.1. The highest BCUT2D eigenvalue weighted by molar-refractivity contribution is 14.0. The van der Waals surface area contributed by atoms with Gasteiger partial charge in [0.1, 0.15) is 5.75 Å². The smallest absolute Gasteiger partial charge is 0.191 e. The van der Waals surface area contributed by atoms with E-state index >= 15 is 0 Å². The van der Waals surface area contributed by atoms with Crippen LogP contribution in [-0.4, -0.2) is 44.7 Å². The largest absolute Gasteiger partial charge is 0.496 e. The number of hydrogen-bond acceptors (Lipinski definition) is 4. The molecule has 1 atom stereocenters. The number of methoxy groups -OCH3 is 1. The standard InChI is InChI=1S/C20H28N4OS.HI/c1-21-20(22-13-16-9-12-26-15-16)23-14-18(24-10-5-6-11-24)17-7-3-4-8-19(17)25-2;/h3-4,7-9,12,15,18H,5-6,10-11,13-14H2,1-2H3,(H2,21,22,23);1H. The molecule has 0 spiro atoms. The SMILES string of the molecule is CN=C(NCc1ccsc1)NCC(c1ccccc1OC)N1CCCC1.I. The molecule has 7 heteroatoms. The van der Waals surface area contributed by atoms with Crippen LogP contribution >= 0.6 is 35.3 Å². The molecule has 27 heavy (non-hydrogen) atoms. The van der Waals surface area contributed by atoms with Crippen LogP contribution in [0.25, 0.3) is 0 Å². The molecule has 1 aliphatic heterocycles. The minimum atomic E-state index is 0. The van der Waals surface area contributed by atoms with Gasteiger partial charge in [0.15, 0.2) is 5.96 Å². The van der Waals surface area contributed by atoms with Gasteiger partial charge in [-0.25, -0.2) is 0 Å². The zero-order chi connectivity index (χ0) is 18.2. The Bertz CT molecular complexity index is 702. The first-order valence-corrected chi connectivity index (χ1v) is 10.1. The molecule has 5 nitrogen and oxygen atoms in total. The van der Waals surface area contributed by atoms with Gasteiger partial charge in [-0.15, -0.1) is 24.0 Å². The van der Waals surface area contributed by atoms with E-state index in [1.165, 1.54) is 24.0 Å². The van der Waals surface area contributed by atoms with Gasteiger partial charge >= 0.3 is 0 Å². The Morgan fingerprint density at radius 2 is 2.00 bits per heavy atom. The second-order valence-electron chi connectivity index (χ2n) is 6.44. The monoisotopic (exact) mass is 500 g/mol. The molecule has 148 valence electrons. The van der Waals surface area contributed by atoms with E-state index in [0.717, 1.165) is 37.9 Å². The molecule has 2 heterocycles. The third kappa shape index (κ3) is 6.08. The second kappa shape index (κ2) is 11.5. The Balaban J connectivity index is 0.00000261. The van der Waals surface area contributed by atoms with Gasteiger partial charge in [0.25, 0.3) is 0 Å². The first kappa shape index (κ1) is 22.0. The molecular formula is C20H29IN4OS. The van der Waals surface area contributed by atoms with Crippen molar-refractivity contribution in [2.75, 3.05) is 33.8 Å². The van der Waals surface area contributed by atoms with E-state index < -0.39 is 0 Å². The van der Waals surface area contributed by atoms with Gasteiger partial charge in [0.05, 0.1) is 13.2 Å². The molecule has 0 amide bonds. The Labute approximate surface area is 183 Å². The summed E-state index contributed by atoms with van der Waals surface area (Å²) in [6.45, 7) is 3.84. The average Bonchev–Trinajstić information content (AvgIpc) is 3.39. The number of hydrogen-bond donors (Lipinski definition) is 2. The number of guanidine groups is 1. The van der Waals surface area contributed by atoms with Crippen molar-refractivity contribution in [1.82, 2.24) is 15.5 Å². The van der Waals surface area contributed by atoms with Crippen LogP contribution in [0.1, 0.15) is 30.0 Å². The van der Waals surface area contributed by atoms with Crippen LogP contribution in [0.15, 0.2) is 46.1 Å².